The van der Waals surface area contributed by atoms with Gasteiger partial charge >= 0.3 is 0 Å². The lowest BCUT2D eigenvalue weighted by atomic mass is 10.3. The smallest absolute Gasteiger partial charge is 0.268 e. The van der Waals surface area contributed by atoms with Gasteiger partial charge in [0.05, 0.1) is 16.5 Å². The quantitative estimate of drug-likeness (QED) is 0.780. The maximum absolute atomic E-state index is 5.68. The molecule has 20 heavy (non-hydrogen) atoms. The number of nitrogens with two attached hydrogens (primary N) is 1. The van der Waals surface area contributed by atoms with Gasteiger partial charge in [-0.15, -0.1) is 11.3 Å². The third-order valence-electron chi connectivity index (χ3n) is 2.64. The van der Waals surface area contributed by atoms with Crippen LogP contribution in [0.15, 0.2) is 47.0 Å². The van der Waals surface area contributed by atoms with Crippen LogP contribution in [0.2, 0.25) is 0 Å². The fraction of sp³-hybridized carbons (Fsp3) is 0.143. The van der Waals surface area contributed by atoms with Crippen molar-refractivity contribution in [2.24, 2.45) is 0 Å². The number of thiophene rings is 1. The minimum atomic E-state index is 0.501. The molecule has 0 aliphatic carbocycles. The summed E-state index contributed by atoms with van der Waals surface area (Å²) < 4.78 is 10.8. The van der Waals surface area contributed by atoms with Gasteiger partial charge < -0.3 is 15.0 Å². The number of nitrogen functional groups attached to an aromatic ring is 1. The van der Waals surface area contributed by atoms with Crippen molar-refractivity contribution in [3.05, 3.63) is 48.3 Å². The molecule has 1 aromatic carbocycles. The first-order valence-corrected chi connectivity index (χ1v) is 6.99. The first kappa shape index (κ1) is 12.7. The Morgan fingerprint density at radius 3 is 2.75 bits per heavy atom. The molecule has 0 unspecified atom stereocenters. The summed E-state index contributed by atoms with van der Waals surface area (Å²) in [5.74, 6) is 1.96. The monoisotopic (exact) mass is 287 g/mol. The van der Waals surface area contributed by atoms with Gasteiger partial charge in [-0.3, -0.25) is 0 Å². The molecule has 2 heterocycles. The third-order valence-corrected chi connectivity index (χ3v) is 3.55. The third kappa shape index (κ3) is 2.97. The minimum absolute atomic E-state index is 0.501. The Kier molecular flexibility index (Phi) is 3.64. The second-order valence-corrected chi connectivity index (χ2v) is 5.24. The van der Waals surface area contributed by atoms with Crippen LogP contribution >= 0.6 is 11.3 Å². The van der Waals surface area contributed by atoms with Gasteiger partial charge in [-0.1, -0.05) is 23.4 Å². The number of aromatic nitrogens is 2. The van der Waals surface area contributed by atoms with Crippen LogP contribution in [0.3, 0.4) is 0 Å². The fourth-order valence-electron chi connectivity index (χ4n) is 1.70. The molecule has 102 valence electrons. The Hall–Kier alpha value is -2.34. The molecule has 3 aromatic rings. The highest BCUT2D eigenvalue weighted by atomic mass is 32.1. The largest absolute Gasteiger partial charge is 0.493 e. The van der Waals surface area contributed by atoms with Crippen LogP contribution in [0, 0.1) is 0 Å². The molecule has 0 atom stereocenters. The van der Waals surface area contributed by atoms with E-state index in [1.54, 1.807) is 0 Å². The van der Waals surface area contributed by atoms with Crippen molar-refractivity contribution in [1.82, 2.24) is 10.1 Å². The normalized spacial score (nSPS) is 10.6. The molecule has 0 fully saturated rings. The van der Waals surface area contributed by atoms with Crippen molar-refractivity contribution in [3.8, 4) is 16.5 Å². The van der Waals surface area contributed by atoms with Crippen molar-refractivity contribution in [2.45, 2.75) is 6.42 Å². The predicted molar refractivity (Wildman–Crippen MR) is 77.7 cm³/mol. The molecule has 0 bridgehead atoms. The van der Waals surface area contributed by atoms with E-state index in [0.717, 1.165) is 15.6 Å². The number of rotatable bonds is 5. The molecule has 0 saturated heterocycles. The van der Waals surface area contributed by atoms with Crippen LogP contribution in [0.1, 0.15) is 5.82 Å². The summed E-state index contributed by atoms with van der Waals surface area (Å²) >= 11 is 1.43. The van der Waals surface area contributed by atoms with Gasteiger partial charge in [0.25, 0.3) is 5.89 Å². The molecule has 0 amide bonds. The van der Waals surface area contributed by atoms with Crippen molar-refractivity contribution in [1.29, 1.82) is 0 Å². The summed E-state index contributed by atoms with van der Waals surface area (Å²) in [6.07, 6.45) is 0.596. The SMILES string of the molecule is Nc1ccc(-c2nc(CCOc3ccccc3)no2)s1. The van der Waals surface area contributed by atoms with Gasteiger partial charge in [0.1, 0.15) is 5.75 Å². The van der Waals surface area contributed by atoms with Crippen molar-refractivity contribution < 1.29 is 9.26 Å². The van der Waals surface area contributed by atoms with Crippen LogP contribution in [-0.2, 0) is 6.42 Å². The van der Waals surface area contributed by atoms with Gasteiger partial charge in [-0.25, -0.2) is 0 Å². The van der Waals surface area contributed by atoms with E-state index < -0.39 is 0 Å². The Morgan fingerprint density at radius 2 is 2.00 bits per heavy atom. The number of para-hydroxylation sites is 1. The standard InChI is InChI=1S/C14H13N3O2S/c15-12-7-6-11(20-12)14-16-13(17-19-14)8-9-18-10-4-2-1-3-5-10/h1-7H,8-9,15H2. The van der Waals surface area contributed by atoms with Crippen molar-refractivity contribution >= 4 is 16.3 Å². The molecule has 0 aliphatic heterocycles. The van der Waals surface area contributed by atoms with Crippen LogP contribution in [-0.4, -0.2) is 16.7 Å². The zero-order valence-electron chi connectivity index (χ0n) is 10.7. The van der Waals surface area contributed by atoms with E-state index >= 15 is 0 Å². The number of anilines is 1. The van der Waals surface area contributed by atoms with Crippen molar-refractivity contribution in [2.75, 3.05) is 12.3 Å². The van der Waals surface area contributed by atoms with E-state index in [-0.39, 0.29) is 0 Å². The highest BCUT2D eigenvalue weighted by Gasteiger charge is 2.10. The topological polar surface area (TPSA) is 74.2 Å². The van der Waals surface area contributed by atoms with E-state index in [0.29, 0.717) is 24.7 Å². The van der Waals surface area contributed by atoms with E-state index in [1.165, 1.54) is 11.3 Å². The van der Waals surface area contributed by atoms with Gasteiger partial charge in [-0.2, -0.15) is 4.98 Å². The van der Waals surface area contributed by atoms with E-state index in [9.17, 15) is 0 Å². The predicted octanol–water partition coefficient (Wildman–Crippen LogP) is 3.00. The van der Waals surface area contributed by atoms with Gasteiger partial charge in [0.2, 0.25) is 0 Å². The molecular formula is C14H13N3O2S. The van der Waals surface area contributed by atoms with Crippen LogP contribution in [0.5, 0.6) is 5.75 Å². The Balaban J connectivity index is 1.58. The highest BCUT2D eigenvalue weighted by Crippen LogP contribution is 2.28. The molecule has 0 spiro atoms. The summed E-state index contributed by atoms with van der Waals surface area (Å²) in [5, 5.41) is 4.66. The van der Waals surface area contributed by atoms with E-state index in [2.05, 4.69) is 10.1 Å². The zero-order chi connectivity index (χ0) is 13.8. The number of nitrogens with zero attached hydrogens (tertiary/aromatic N) is 2. The fourth-order valence-corrected chi connectivity index (χ4v) is 2.40. The Labute approximate surface area is 120 Å². The number of ether oxygens (including phenoxy) is 1. The Bertz CT molecular complexity index is 679. The van der Waals surface area contributed by atoms with Crippen molar-refractivity contribution in [3.63, 3.8) is 0 Å². The summed E-state index contributed by atoms with van der Waals surface area (Å²) in [6.45, 7) is 0.509. The molecule has 0 radical (unpaired) electrons. The lowest BCUT2D eigenvalue weighted by Crippen LogP contribution is -2.02. The van der Waals surface area contributed by atoms with E-state index in [4.69, 9.17) is 15.0 Å². The van der Waals surface area contributed by atoms with Gasteiger partial charge in [-0.05, 0) is 24.3 Å². The van der Waals surface area contributed by atoms with Crippen LogP contribution in [0.4, 0.5) is 5.00 Å². The number of hydrogen-bond acceptors (Lipinski definition) is 6. The minimum Gasteiger partial charge on any atom is -0.493 e. The molecule has 2 N–H and O–H groups in total. The summed E-state index contributed by atoms with van der Waals surface area (Å²) in [4.78, 5) is 5.20. The average Bonchev–Trinajstić information content (AvgIpc) is 3.09. The first-order chi connectivity index (χ1) is 9.81. The Morgan fingerprint density at radius 1 is 1.15 bits per heavy atom. The average molecular weight is 287 g/mol. The zero-order valence-corrected chi connectivity index (χ0v) is 11.5. The maximum atomic E-state index is 5.68. The molecule has 3 rings (SSSR count). The molecule has 0 saturated carbocycles. The lowest BCUT2D eigenvalue weighted by molar-refractivity contribution is 0.315. The maximum Gasteiger partial charge on any atom is 0.268 e. The van der Waals surface area contributed by atoms with E-state index in [1.807, 2.05) is 42.5 Å². The van der Waals surface area contributed by atoms with Gasteiger partial charge in [0, 0.05) is 6.42 Å². The number of benzene rings is 1. The van der Waals surface area contributed by atoms with Crippen LogP contribution in [0.25, 0.3) is 10.8 Å². The molecule has 6 heteroatoms. The summed E-state index contributed by atoms with van der Waals surface area (Å²) in [5.41, 5.74) is 5.68. The molecule has 5 nitrogen and oxygen atoms in total. The lowest BCUT2D eigenvalue weighted by Gasteiger charge is -2.02. The summed E-state index contributed by atoms with van der Waals surface area (Å²) in [6, 6.07) is 13.3. The molecular weight excluding hydrogens is 274 g/mol. The second kappa shape index (κ2) is 5.75. The van der Waals surface area contributed by atoms with Crippen LogP contribution < -0.4 is 10.5 Å². The first-order valence-electron chi connectivity index (χ1n) is 6.17. The molecule has 0 aliphatic rings. The van der Waals surface area contributed by atoms with Gasteiger partial charge in [0.15, 0.2) is 5.82 Å². The summed E-state index contributed by atoms with van der Waals surface area (Å²) in [7, 11) is 0. The molecule has 2 aromatic heterocycles. The highest BCUT2D eigenvalue weighted by molar-refractivity contribution is 7.19. The number of hydrogen-bond donors (Lipinski definition) is 1. The second-order valence-electron chi connectivity index (χ2n) is 4.13.